The lowest BCUT2D eigenvalue weighted by molar-refractivity contribution is 0.645. The molecule has 0 saturated heterocycles. The summed E-state index contributed by atoms with van der Waals surface area (Å²) in [5, 5.41) is 0. The van der Waals surface area contributed by atoms with Crippen LogP contribution in [0.25, 0.3) is 0 Å². The van der Waals surface area contributed by atoms with E-state index in [1.165, 1.54) is 18.4 Å². The zero-order valence-electron chi connectivity index (χ0n) is 7.35. The van der Waals surface area contributed by atoms with Gasteiger partial charge in [0, 0.05) is 0 Å². The maximum atomic E-state index is 3.74. The predicted octanol–water partition coefficient (Wildman–Crippen LogP) is 3.55. The van der Waals surface area contributed by atoms with Crippen LogP contribution in [0.2, 0.25) is 0 Å². The number of hydrogen-bond donors (Lipinski definition) is 0. The van der Waals surface area contributed by atoms with Crippen LogP contribution in [0.1, 0.15) is 33.6 Å². The van der Waals surface area contributed by atoms with E-state index in [0.29, 0.717) is 5.92 Å². The van der Waals surface area contributed by atoms with Crippen LogP contribution in [0, 0.1) is 5.92 Å². The second-order valence-corrected chi connectivity index (χ2v) is 2.89. The zero-order chi connectivity index (χ0) is 7.98. The van der Waals surface area contributed by atoms with Crippen molar-refractivity contribution in [1.82, 2.24) is 0 Å². The van der Waals surface area contributed by atoms with Crippen molar-refractivity contribution in [3.63, 3.8) is 0 Å². The van der Waals surface area contributed by atoms with Crippen molar-refractivity contribution < 1.29 is 0 Å². The summed E-state index contributed by atoms with van der Waals surface area (Å²) >= 11 is 0. The fraction of sp³-hybridized carbons (Fsp3) is 0.600. The second-order valence-electron chi connectivity index (χ2n) is 2.89. The smallest absolute Gasteiger partial charge is 0.0262 e. The minimum atomic E-state index is 0.662. The maximum Gasteiger partial charge on any atom is -0.0262 e. The Morgan fingerprint density at radius 1 is 1.60 bits per heavy atom. The summed E-state index contributed by atoms with van der Waals surface area (Å²) in [7, 11) is 0. The lowest BCUT2D eigenvalue weighted by Gasteiger charge is -2.04. The van der Waals surface area contributed by atoms with Gasteiger partial charge in [0.25, 0.3) is 0 Å². The molecule has 0 aromatic heterocycles. The van der Waals surface area contributed by atoms with Crippen LogP contribution in [-0.4, -0.2) is 0 Å². The average molecular weight is 138 g/mol. The van der Waals surface area contributed by atoms with Gasteiger partial charge in [-0.05, 0) is 32.6 Å². The Morgan fingerprint density at radius 3 is 2.60 bits per heavy atom. The molecule has 0 spiro atoms. The lowest BCUT2D eigenvalue weighted by atomic mass is 10.0. The molecule has 0 rings (SSSR count). The Bertz CT molecular complexity index is 120. The molecule has 0 saturated carbocycles. The van der Waals surface area contributed by atoms with Crippen molar-refractivity contribution in [1.29, 1.82) is 0 Å². The van der Waals surface area contributed by atoms with Crippen LogP contribution in [0.3, 0.4) is 0 Å². The number of rotatable bonds is 4. The summed E-state index contributed by atoms with van der Waals surface area (Å²) in [5.74, 6) is 0.662. The van der Waals surface area contributed by atoms with E-state index in [9.17, 15) is 0 Å². The van der Waals surface area contributed by atoms with Gasteiger partial charge >= 0.3 is 0 Å². The molecule has 0 amide bonds. The van der Waals surface area contributed by atoms with Gasteiger partial charge in [0.2, 0.25) is 0 Å². The number of hydrogen-bond acceptors (Lipinski definition) is 0. The molecule has 1 unspecified atom stereocenters. The van der Waals surface area contributed by atoms with Crippen molar-refractivity contribution in [2.45, 2.75) is 33.6 Å². The molecule has 0 radical (unpaired) electrons. The SMILES string of the molecule is C=CC(C)CCC(C)=CC. The second kappa shape index (κ2) is 5.28. The highest BCUT2D eigenvalue weighted by molar-refractivity contribution is 4.96. The quantitative estimate of drug-likeness (QED) is 0.521. The lowest BCUT2D eigenvalue weighted by Crippen LogP contribution is -1.88. The van der Waals surface area contributed by atoms with Gasteiger partial charge < -0.3 is 0 Å². The van der Waals surface area contributed by atoms with Crippen molar-refractivity contribution >= 4 is 0 Å². The first-order valence-electron chi connectivity index (χ1n) is 3.95. The van der Waals surface area contributed by atoms with Gasteiger partial charge in [-0.25, -0.2) is 0 Å². The van der Waals surface area contributed by atoms with E-state index in [-0.39, 0.29) is 0 Å². The van der Waals surface area contributed by atoms with Crippen molar-refractivity contribution in [2.75, 3.05) is 0 Å². The van der Waals surface area contributed by atoms with Gasteiger partial charge in [-0.3, -0.25) is 0 Å². The maximum absolute atomic E-state index is 3.74. The number of allylic oxidation sites excluding steroid dienone is 3. The Hall–Kier alpha value is -0.520. The van der Waals surface area contributed by atoms with Gasteiger partial charge in [-0.1, -0.05) is 24.6 Å². The molecule has 10 heavy (non-hydrogen) atoms. The fourth-order valence-electron chi connectivity index (χ4n) is 0.718. The van der Waals surface area contributed by atoms with E-state index >= 15 is 0 Å². The van der Waals surface area contributed by atoms with Gasteiger partial charge in [0.1, 0.15) is 0 Å². The van der Waals surface area contributed by atoms with Crippen LogP contribution >= 0.6 is 0 Å². The molecule has 58 valence electrons. The van der Waals surface area contributed by atoms with E-state index in [1.807, 2.05) is 6.08 Å². The highest BCUT2D eigenvalue weighted by atomic mass is 14.0. The standard InChI is InChI=1S/C10H18/c1-5-9(3)7-8-10(4)6-2/h5-6,9H,1,7-8H2,2-4H3. The molecular weight excluding hydrogens is 120 g/mol. The highest BCUT2D eigenvalue weighted by Crippen LogP contribution is 2.11. The molecule has 0 aliphatic rings. The average Bonchev–Trinajstić information content (AvgIpc) is 1.99. The molecule has 0 bridgehead atoms. The Balaban J connectivity index is 3.44. The summed E-state index contributed by atoms with van der Waals surface area (Å²) in [5.41, 5.74) is 1.48. The highest BCUT2D eigenvalue weighted by Gasteiger charge is 1.95. The molecule has 0 N–H and O–H groups in total. The molecule has 0 aromatic rings. The Morgan fingerprint density at radius 2 is 2.20 bits per heavy atom. The summed E-state index contributed by atoms with van der Waals surface area (Å²) in [4.78, 5) is 0. The molecule has 0 aromatic carbocycles. The zero-order valence-corrected chi connectivity index (χ0v) is 7.35. The monoisotopic (exact) mass is 138 g/mol. The summed E-state index contributed by atoms with van der Waals surface area (Å²) in [6.07, 6.45) is 6.64. The topological polar surface area (TPSA) is 0 Å². The third-order valence-electron chi connectivity index (χ3n) is 1.89. The van der Waals surface area contributed by atoms with Crippen molar-refractivity contribution in [3.05, 3.63) is 24.3 Å². The van der Waals surface area contributed by atoms with Gasteiger partial charge in [-0.2, -0.15) is 0 Å². The first-order chi connectivity index (χ1) is 4.70. The van der Waals surface area contributed by atoms with E-state index in [1.54, 1.807) is 0 Å². The van der Waals surface area contributed by atoms with Crippen LogP contribution in [-0.2, 0) is 0 Å². The van der Waals surface area contributed by atoms with Gasteiger partial charge in [-0.15, -0.1) is 6.58 Å². The van der Waals surface area contributed by atoms with Crippen molar-refractivity contribution in [3.8, 4) is 0 Å². The minimum absolute atomic E-state index is 0.662. The first-order valence-corrected chi connectivity index (χ1v) is 3.95. The van der Waals surface area contributed by atoms with Crippen molar-refractivity contribution in [2.24, 2.45) is 5.92 Å². The molecule has 0 heteroatoms. The van der Waals surface area contributed by atoms with E-state index in [2.05, 4.69) is 33.4 Å². The van der Waals surface area contributed by atoms with E-state index in [4.69, 9.17) is 0 Å². The molecule has 0 nitrogen and oxygen atoms in total. The predicted molar refractivity (Wildman–Crippen MR) is 48.0 cm³/mol. The summed E-state index contributed by atoms with van der Waals surface area (Å²) in [6, 6.07) is 0. The summed E-state index contributed by atoms with van der Waals surface area (Å²) in [6.45, 7) is 10.2. The third-order valence-corrected chi connectivity index (χ3v) is 1.89. The molecule has 0 aliphatic carbocycles. The van der Waals surface area contributed by atoms with E-state index < -0.39 is 0 Å². The normalized spacial score (nSPS) is 14.9. The largest absolute Gasteiger partial charge is 0.103 e. The van der Waals surface area contributed by atoms with Crippen LogP contribution < -0.4 is 0 Å². The fourth-order valence-corrected chi connectivity index (χ4v) is 0.718. The molecule has 0 fully saturated rings. The van der Waals surface area contributed by atoms with Crippen LogP contribution in [0.5, 0.6) is 0 Å². The molecule has 1 atom stereocenters. The molecule has 0 heterocycles. The Labute approximate surface area is 64.6 Å². The minimum Gasteiger partial charge on any atom is -0.103 e. The van der Waals surface area contributed by atoms with Crippen LogP contribution in [0.15, 0.2) is 24.3 Å². The van der Waals surface area contributed by atoms with Crippen LogP contribution in [0.4, 0.5) is 0 Å². The van der Waals surface area contributed by atoms with E-state index in [0.717, 1.165) is 0 Å². The summed E-state index contributed by atoms with van der Waals surface area (Å²) < 4.78 is 0. The molecular formula is C10H18. The van der Waals surface area contributed by atoms with Gasteiger partial charge in [0.15, 0.2) is 0 Å². The Kier molecular flexibility index (Phi) is 5.00. The first kappa shape index (κ1) is 9.48. The third kappa shape index (κ3) is 4.37. The molecule has 0 aliphatic heterocycles. The van der Waals surface area contributed by atoms with Gasteiger partial charge in [0.05, 0.1) is 0 Å².